The molecule has 2 heteroatoms. The molecule has 0 N–H and O–H groups in total. The molecule has 0 bridgehead atoms. The van der Waals surface area contributed by atoms with Crippen LogP contribution in [0, 0.1) is 0 Å². The van der Waals surface area contributed by atoms with Crippen molar-refractivity contribution in [2.75, 3.05) is 0 Å². The van der Waals surface area contributed by atoms with Crippen molar-refractivity contribution in [3.8, 4) is 0 Å². The number of rotatable bonds is 3. The molecule has 0 aliphatic heterocycles. The predicted molar refractivity (Wildman–Crippen MR) is 86.7 cm³/mol. The van der Waals surface area contributed by atoms with E-state index in [4.69, 9.17) is 0 Å². The van der Waals surface area contributed by atoms with Gasteiger partial charge in [0.25, 0.3) is 0 Å². The number of benzene rings is 2. The SMILES string of the molecule is Br/C=C(\C(=C\Br)c1ccccc1)c1ccccc1. The summed E-state index contributed by atoms with van der Waals surface area (Å²) in [7, 11) is 0. The molecule has 0 saturated heterocycles. The van der Waals surface area contributed by atoms with Gasteiger partial charge in [0.15, 0.2) is 0 Å². The molecule has 0 aliphatic rings. The topological polar surface area (TPSA) is 0 Å². The molecular formula is C16H12Br2. The van der Waals surface area contributed by atoms with E-state index in [1.165, 1.54) is 11.1 Å². The van der Waals surface area contributed by atoms with Gasteiger partial charge in [-0.25, -0.2) is 0 Å². The van der Waals surface area contributed by atoms with E-state index in [0.29, 0.717) is 0 Å². The van der Waals surface area contributed by atoms with E-state index in [0.717, 1.165) is 11.1 Å². The lowest BCUT2D eigenvalue weighted by molar-refractivity contribution is 1.59. The van der Waals surface area contributed by atoms with Crippen LogP contribution in [0.2, 0.25) is 0 Å². The minimum atomic E-state index is 1.15. The first kappa shape index (κ1) is 13.3. The third-order valence-electron chi connectivity index (χ3n) is 2.68. The van der Waals surface area contributed by atoms with Crippen LogP contribution in [-0.2, 0) is 0 Å². The third-order valence-corrected chi connectivity index (χ3v) is 3.59. The predicted octanol–water partition coefficient (Wildman–Crippen LogP) is 5.86. The van der Waals surface area contributed by atoms with Crippen LogP contribution < -0.4 is 0 Å². The first-order valence-corrected chi connectivity index (χ1v) is 7.42. The Hall–Kier alpha value is -1.12. The largest absolute Gasteiger partial charge is 0.0622 e. The zero-order valence-electron chi connectivity index (χ0n) is 9.68. The zero-order chi connectivity index (χ0) is 12.8. The molecular weight excluding hydrogens is 352 g/mol. The molecule has 18 heavy (non-hydrogen) atoms. The minimum absolute atomic E-state index is 1.15. The number of allylic oxidation sites excluding steroid dienone is 2. The summed E-state index contributed by atoms with van der Waals surface area (Å²) >= 11 is 6.94. The van der Waals surface area contributed by atoms with Gasteiger partial charge in [0.1, 0.15) is 0 Å². The lowest BCUT2D eigenvalue weighted by atomic mass is 9.95. The molecule has 2 aromatic rings. The van der Waals surface area contributed by atoms with Gasteiger partial charge in [-0.05, 0) is 32.2 Å². The third kappa shape index (κ3) is 3.01. The summed E-state index contributed by atoms with van der Waals surface area (Å²) in [6, 6.07) is 20.6. The normalized spacial score (nSPS) is 12.6. The maximum absolute atomic E-state index is 3.47. The Bertz CT molecular complexity index is 501. The van der Waals surface area contributed by atoms with Gasteiger partial charge < -0.3 is 0 Å². The fraction of sp³-hybridized carbons (Fsp3) is 0. The summed E-state index contributed by atoms with van der Waals surface area (Å²) in [6.07, 6.45) is 0. The van der Waals surface area contributed by atoms with Crippen LogP contribution >= 0.6 is 31.9 Å². The minimum Gasteiger partial charge on any atom is -0.0622 e. The van der Waals surface area contributed by atoms with Crippen LogP contribution in [0.4, 0.5) is 0 Å². The summed E-state index contributed by atoms with van der Waals surface area (Å²) in [5.74, 6) is 0. The van der Waals surface area contributed by atoms with E-state index >= 15 is 0 Å². The Morgan fingerprint density at radius 2 is 0.944 bits per heavy atom. The molecule has 0 saturated carbocycles. The maximum Gasteiger partial charge on any atom is -0.00309 e. The first-order valence-electron chi connectivity index (χ1n) is 5.59. The van der Waals surface area contributed by atoms with Gasteiger partial charge in [-0.3, -0.25) is 0 Å². The molecule has 0 fully saturated rings. The maximum atomic E-state index is 3.47. The fourth-order valence-corrected chi connectivity index (χ4v) is 2.81. The molecule has 2 rings (SSSR count). The molecule has 0 radical (unpaired) electrons. The van der Waals surface area contributed by atoms with Crippen molar-refractivity contribution < 1.29 is 0 Å². The second-order valence-electron chi connectivity index (χ2n) is 3.78. The van der Waals surface area contributed by atoms with Gasteiger partial charge in [-0.1, -0.05) is 92.5 Å². The molecule has 0 heterocycles. The van der Waals surface area contributed by atoms with E-state index in [1.807, 2.05) is 46.4 Å². The lowest BCUT2D eigenvalue weighted by Gasteiger charge is -2.11. The summed E-state index contributed by atoms with van der Waals surface area (Å²) in [4.78, 5) is 3.92. The quantitative estimate of drug-likeness (QED) is 0.599. The van der Waals surface area contributed by atoms with Gasteiger partial charge >= 0.3 is 0 Å². The van der Waals surface area contributed by atoms with Gasteiger partial charge in [0.2, 0.25) is 0 Å². The van der Waals surface area contributed by atoms with Crippen molar-refractivity contribution in [1.29, 1.82) is 0 Å². The molecule has 90 valence electrons. The highest BCUT2D eigenvalue weighted by Crippen LogP contribution is 2.32. The van der Waals surface area contributed by atoms with E-state index in [9.17, 15) is 0 Å². The Morgan fingerprint density at radius 3 is 1.22 bits per heavy atom. The molecule has 0 aromatic heterocycles. The standard InChI is InChI=1S/C16H12Br2/c17-11-15(13-7-3-1-4-8-13)16(12-18)14-9-5-2-6-10-14/h1-12H/b15-11-,16-12+. The molecule has 0 aliphatic carbocycles. The van der Waals surface area contributed by atoms with Crippen LogP contribution in [0.3, 0.4) is 0 Å². The molecule has 0 unspecified atom stereocenters. The Labute approximate surface area is 124 Å². The molecule has 2 aromatic carbocycles. The van der Waals surface area contributed by atoms with Crippen LogP contribution in [0.15, 0.2) is 70.6 Å². The first-order chi connectivity index (χ1) is 8.86. The van der Waals surface area contributed by atoms with E-state index in [-0.39, 0.29) is 0 Å². The van der Waals surface area contributed by atoms with E-state index < -0.39 is 0 Å². The van der Waals surface area contributed by atoms with Crippen LogP contribution in [0.25, 0.3) is 11.1 Å². The lowest BCUT2D eigenvalue weighted by Crippen LogP contribution is -1.89. The molecule has 0 spiro atoms. The van der Waals surface area contributed by atoms with Crippen molar-refractivity contribution in [3.05, 3.63) is 81.8 Å². The van der Waals surface area contributed by atoms with E-state index in [2.05, 4.69) is 56.1 Å². The monoisotopic (exact) mass is 362 g/mol. The van der Waals surface area contributed by atoms with Crippen molar-refractivity contribution in [3.63, 3.8) is 0 Å². The smallest absolute Gasteiger partial charge is 0.00309 e. The second-order valence-corrected chi connectivity index (χ2v) is 4.69. The zero-order valence-corrected chi connectivity index (χ0v) is 12.9. The van der Waals surface area contributed by atoms with Crippen molar-refractivity contribution in [2.45, 2.75) is 0 Å². The van der Waals surface area contributed by atoms with Crippen LogP contribution in [-0.4, -0.2) is 0 Å². The highest BCUT2D eigenvalue weighted by Gasteiger charge is 2.08. The number of hydrogen-bond acceptors (Lipinski definition) is 0. The highest BCUT2D eigenvalue weighted by molar-refractivity contribution is 9.11. The van der Waals surface area contributed by atoms with Crippen molar-refractivity contribution in [1.82, 2.24) is 0 Å². The number of hydrogen-bond donors (Lipinski definition) is 0. The van der Waals surface area contributed by atoms with Crippen LogP contribution in [0.5, 0.6) is 0 Å². The molecule has 0 nitrogen and oxygen atoms in total. The average Bonchev–Trinajstić information content (AvgIpc) is 2.46. The van der Waals surface area contributed by atoms with E-state index in [1.54, 1.807) is 0 Å². The van der Waals surface area contributed by atoms with Gasteiger partial charge in [-0.15, -0.1) is 0 Å². The fourth-order valence-electron chi connectivity index (χ4n) is 1.79. The second kappa shape index (κ2) is 6.72. The van der Waals surface area contributed by atoms with Gasteiger partial charge in [0.05, 0.1) is 0 Å². The highest BCUT2D eigenvalue weighted by atomic mass is 79.9. The van der Waals surface area contributed by atoms with Gasteiger partial charge in [-0.2, -0.15) is 0 Å². The Morgan fingerprint density at radius 1 is 0.611 bits per heavy atom. The van der Waals surface area contributed by atoms with Crippen molar-refractivity contribution in [2.24, 2.45) is 0 Å². The molecule has 0 atom stereocenters. The summed E-state index contributed by atoms with van der Waals surface area (Å²) < 4.78 is 0. The Balaban J connectivity index is 2.45. The molecule has 0 amide bonds. The summed E-state index contributed by atoms with van der Waals surface area (Å²) in [5.41, 5.74) is 4.67. The van der Waals surface area contributed by atoms with Gasteiger partial charge in [0, 0.05) is 0 Å². The average molecular weight is 364 g/mol. The van der Waals surface area contributed by atoms with Crippen LogP contribution in [0.1, 0.15) is 11.1 Å². The number of halogens is 2. The summed E-state index contributed by atoms with van der Waals surface area (Å²) in [5, 5.41) is 0. The Kier molecular flexibility index (Phi) is 4.97. The summed E-state index contributed by atoms with van der Waals surface area (Å²) in [6.45, 7) is 0. The van der Waals surface area contributed by atoms with Crippen molar-refractivity contribution >= 4 is 43.0 Å².